The van der Waals surface area contributed by atoms with E-state index in [1.165, 1.54) is 0 Å². The summed E-state index contributed by atoms with van der Waals surface area (Å²) in [6, 6.07) is 8.78. The number of alkyl carbamates (subject to hydrolysis) is 1. The first-order valence-corrected chi connectivity index (χ1v) is 7.06. The van der Waals surface area contributed by atoms with Crippen LogP contribution in [0.25, 0.3) is 0 Å². The number of nitriles is 1. The molecule has 0 bridgehead atoms. The van der Waals surface area contributed by atoms with Crippen LogP contribution in [0.1, 0.15) is 26.3 Å². The zero-order valence-electron chi connectivity index (χ0n) is 13.3. The number of carbonyl (C=O) groups excluding carboxylic acids is 1. The number of rotatable bonds is 6. The number of benzene rings is 1. The van der Waals surface area contributed by atoms with Crippen LogP contribution in [0.15, 0.2) is 36.9 Å². The van der Waals surface area contributed by atoms with E-state index < -0.39 is 17.7 Å². The molecule has 0 heterocycles. The molecule has 0 radical (unpaired) electrons. The maximum Gasteiger partial charge on any atom is 0.408 e. The molecule has 0 spiro atoms. The summed E-state index contributed by atoms with van der Waals surface area (Å²) in [5.41, 5.74) is 0.336. The lowest BCUT2D eigenvalue weighted by atomic mass is 10.1. The molecule has 22 heavy (non-hydrogen) atoms. The summed E-state index contributed by atoms with van der Waals surface area (Å²) in [5, 5.41) is 11.7. The average molecular weight is 302 g/mol. The predicted octanol–water partition coefficient (Wildman–Crippen LogP) is 3.21. The Hall–Kier alpha value is -2.48. The summed E-state index contributed by atoms with van der Waals surface area (Å²) in [6.45, 7) is 9.35. The third-order valence-corrected chi connectivity index (χ3v) is 2.58. The van der Waals surface area contributed by atoms with Gasteiger partial charge in [0, 0.05) is 6.42 Å². The van der Waals surface area contributed by atoms with E-state index in [2.05, 4.69) is 18.0 Å². The molecular formula is C17H22N2O3. The summed E-state index contributed by atoms with van der Waals surface area (Å²) in [4.78, 5) is 11.7. The van der Waals surface area contributed by atoms with Crippen LogP contribution < -0.4 is 10.1 Å². The number of amides is 1. The fourth-order valence-electron chi connectivity index (χ4n) is 1.69. The van der Waals surface area contributed by atoms with Gasteiger partial charge in [-0.25, -0.2) is 4.79 Å². The molecule has 118 valence electrons. The Morgan fingerprint density at radius 3 is 2.55 bits per heavy atom. The lowest BCUT2D eigenvalue weighted by Gasteiger charge is -2.21. The van der Waals surface area contributed by atoms with Crippen molar-refractivity contribution in [1.29, 1.82) is 5.26 Å². The molecule has 1 amide bonds. The molecule has 1 N–H and O–H groups in total. The largest absolute Gasteiger partial charge is 0.490 e. The molecule has 0 unspecified atom stereocenters. The Bertz CT molecular complexity index is 539. The topological polar surface area (TPSA) is 71.3 Å². The number of hydrogen-bond acceptors (Lipinski definition) is 4. The van der Waals surface area contributed by atoms with Crippen LogP contribution in [0.3, 0.4) is 0 Å². The number of nitrogens with zero attached hydrogens (tertiary/aromatic N) is 1. The Labute approximate surface area is 131 Å². The highest BCUT2D eigenvalue weighted by molar-refractivity contribution is 5.68. The number of carbonyl (C=O) groups is 1. The molecule has 5 nitrogen and oxygen atoms in total. The summed E-state index contributed by atoms with van der Waals surface area (Å²) in [7, 11) is 0. The van der Waals surface area contributed by atoms with Crippen molar-refractivity contribution in [3.05, 3.63) is 42.5 Å². The van der Waals surface area contributed by atoms with Crippen LogP contribution in [-0.2, 0) is 11.2 Å². The lowest BCUT2D eigenvalue weighted by Crippen LogP contribution is -2.39. The van der Waals surface area contributed by atoms with Gasteiger partial charge in [0.05, 0.1) is 6.07 Å². The van der Waals surface area contributed by atoms with Gasteiger partial charge in [-0.05, 0) is 38.5 Å². The van der Waals surface area contributed by atoms with Crippen LogP contribution >= 0.6 is 0 Å². The zero-order chi connectivity index (χ0) is 16.6. The van der Waals surface area contributed by atoms with E-state index in [9.17, 15) is 4.79 Å². The highest BCUT2D eigenvalue weighted by Gasteiger charge is 2.19. The van der Waals surface area contributed by atoms with Gasteiger partial charge in [0.1, 0.15) is 24.0 Å². The first kappa shape index (κ1) is 17.6. The molecular weight excluding hydrogens is 280 g/mol. The fraction of sp³-hybridized carbons (Fsp3) is 0.412. The molecule has 1 aromatic carbocycles. The highest BCUT2D eigenvalue weighted by Crippen LogP contribution is 2.14. The van der Waals surface area contributed by atoms with Crippen molar-refractivity contribution in [2.24, 2.45) is 0 Å². The van der Waals surface area contributed by atoms with E-state index >= 15 is 0 Å². The van der Waals surface area contributed by atoms with Gasteiger partial charge in [0.15, 0.2) is 0 Å². The van der Waals surface area contributed by atoms with Gasteiger partial charge in [-0.3, -0.25) is 0 Å². The van der Waals surface area contributed by atoms with E-state index in [-0.39, 0.29) is 0 Å². The van der Waals surface area contributed by atoms with E-state index in [0.29, 0.717) is 13.0 Å². The molecule has 0 aliphatic rings. The van der Waals surface area contributed by atoms with E-state index in [1.54, 1.807) is 26.8 Å². The fourth-order valence-corrected chi connectivity index (χ4v) is 1.69. The van der Waals surface area contributed by atoms with Gasteiger partial charge < -0.3 is 14.8 Å². The Balaban J connectivity index is 2.57. The van der Waals surface area contributed by atoms with Gasteiger partial charge in [0.25, 0.3) is 0 Å². The second kappa shape index (κ2) is 8.08. The second-order valence-corrected chi connectivity index (χ2v) is 5.78. The minimum atomic E-state index is -0.644. The first-order valence-electron chi connectivity index (χ1n) is 7.06. The minimum absolute atomic E-state index is 0.400. The maximum atomic E-state index is 11.7. The van der Waals surface area contributed by atoms with Crippen molar-refractivity contribution in [1.82, 2.24) is 5.32 Å². The first-order chi connectivity index (χ1) is 10.3. The van der Waals surface area contributed by atoms with Crippen molar-refractivity contribution in [2.45, 2.75) is 38.8 Å². The van der Waals surface area contributed by atoms with Gasteiger partial charge in [-0.1, -0.05) is 24.8 Å². The molecule has 0 fully saturated rings. The smallest absolute Gasteiger partial charge is 0.408 e. The summed E-state index contributed by atoms with van der Waals surface area (Å²) in [6.07, 6.45) is 1.48. The van der Waals surface area contributed by atoms with Crippen molar-refractivity contribution < 1.29 is 14.3 Å². The Morgan fingerprint density at radius 2 is 2.05 bits per heavy atom. The Kier molecular flexibility index (Phi) is 6.46. The van der Waals surface area contributed by atoms with Gasteiger partial charge >= 0.3 is 6.09 Å². The summed E-state index contributed by atoms with van der Waals surface area (Å²) >= 11 is 0. The summed E-state index contributed by atoms with van der Waals surface area (Å²) < 4.78 is 10.5. The molecule has 0 aromatic heterocycles. The predicted molar refractivity (Wildman–Crippen MR) is 84.6 cm³/mol. The normalized spacial score (nSPS) is 11.9. The lowest BCUT2D eigenvalue weighted by molar-refractivity contribution is 0.0516. The van der Waals surface area contributed by atoms with Crippen molar-refractivity contribution in [2.75, 3.05) is 6.61 Å². The Morgan fingerprint density at radius 1 is 1.41 bits per heavy atom. The van der Waals surface area contributed by atoms with Gasteiger partial charge in [-0.2, -0.15) is 5.26 Å². The molecule has 0 aliphatic heterocycles. The van der Waals surface area contributed by atoms with Gasteiger partial charge in [0.2, 0.25) is 0 Å². The van der Waals surface area contributed by atoms with Crippen LogP contribution in [0.4, 0.5) is 4.79 Å². The number of hydrogen-bond donors (Lipinski definition) is 1. The van der Waals surface area contributed by atoms with Crippen molar-refractivity contribution >= 4 is 6.09 Å². The van der Waals surface area contributed by atoms with Crippen LogP contribution in [0.2, 0.25) is 0 Å². The minimum Gasteiger partial charge on any atom is -0.490 e. The monoisotopic (exact) mass is 302 g/mol. The van der Waals surface area contributed by atoms with E-state index in [4.69, 9.17) is 14.7 Å². The maximum absolute atomic E-state index is 11.7. The van der Waals surface area contributed by atoms with Gasteiger partial charge in [-0.15, -0.1) is 0 Å². The number of ether oxygens (including phenoxy) is 2. The molecule has 0 saturated carbocycles. The molecule has 0 saturated heterocycles. The van der Waals surface area contributed by atoms with Crippen LogP contribution in [0, 0.1) is 11.3 Å². The molecule has 5 heteroatoms. The number of nitrogens with one attached hydrogen (secondary N) is 1. The highest BCUT2D eigenvalue weighted by atomic mass is 16.6. The third kappa shape index (κ3) is 6.80. The van der Waals surface area contributed by atoms with Crippen molar-refractivity contribution in [3.63, 3.8) is 0 Å². The molecule has 0 aliphatic carbocycles. The third-order valence-electron chi connectivity index (χ3n) is 2.58. The van der Waals surface area contributed by atoms with E-state index in [1.807, 2.05) is 24.3 Å². The molecule has 1 aromatic rings. The zero-order valence-corrected chi connectivity index (χ0v) is 13.3. The van der Waals surface area contributed by atoms with Crippen LogP contribution in [-0.4, -0.2) is 24.3 Å². The van der Waals surface area contributed by atoms with E-state index in [0.717, 1.165) is 11.3 Å². The SMILES string of the molecule is C=CCOc1ccc(C[C@@H](C#N)NC(=O)OC(C)(C)C)cc1. The quantitative estimate of drug-likeness (QED) is 0.819. The second-order valence-electron chi connectivity index (χ2n) is 5.78. The molecule has 1 atom stereocenters. The molecule has 1 rings (SSSR count). The summed E-state index contributed by atoms with van der Waals surface area (Å²) in [5.74, 6) is 0.734. The average Bonchev–Trinajstić information content (AvgIpc) is 2.43. The van der Waals surface area contributed by atoms with Crippen molar-refractivity contribution in [3.8, 4) is 11.8 Å². The van der Waals surface area contributed by atoms with Crippen LogP contribution in [0.5, 0.6) is 5.75 Å². The standard InChI is InChI=1S/C17H22N2O3/c1-5-10-21-15-8-6-13(7-9-15)11-14(12-18)19-16(20)22-17(2,3)4/h5-9,14H,1,10-11H2,2-4H3,(H,19,20)/t14-/m0/s1.